The first-order valence-electron chi connectivity index (χ1n) is 7.99. The molecule has 7 heteroatoms. The summed E-state index contributed by atoms with van der Waals surface area (Å²) in [5.41, 5.74) is 3.76. The number of H-pyrrole nitrogens is 2. The van der Waals surface area contributed by atoms with E-state index in [4.69, 9.17) is 5.11 Å². The van der Waals surface area contributed by atoms with Crippen LogP contribution in [-0.2, 0) is 6.61 Å². The van der Waals surface area contributed by atoms with Crippen LogP contribution in [0.4, 0.5) is 0 Å². The summed E-state index contributed by atoms with van der Waals surface area (Å²) < 4.78 is 0. The molecule has 0 fully saturated rings. The van der Waals surface area contributed by atoms with E-state index in [0.29, 0.717) is 28.2 Å². The lowest BCUT2D eigenvalue weighted by molar-refractivity contribution is 0.0938. The van der Waals surface area contributed by atoms with E-state index in [9.17, 15) is 4.79 Å². The number of aliphatic hydroxyl groups is 1. The second-order valence-corrected chi connectivity index (χ2v) is 5.91. The third-order valence-electron chi connectivity index (χ3n) is 4.11. The van der Waals surface area contributed by atoms with Crippen molar-refractivity contribution in [2.45, 2.75) is 19.6 Å². The summed E-state index contributed by atoms with van der Waals surface area (Å²) in [6, 6.07) is 12.7. The molecule has 0 saturated heterocycles. The number of imidazole rings is 2. The molecular weight excluding hydrogens is 318 g/mol. The maximum atomic E-state index is 12.5. The second kappa shape index (κ2) is 6.03. The molecule has 4 N–H and O–H groups in total. The van der Waals surface area contributed by atoms with E-state index in [2.05, 4.69) is 25.3 Å². The number of nitrogens with zero attached hydrogens (tertiary/aromatic N) is 2. The lowest BCUT2D eigenvalue weighted by Crippen LogP contribution is -2.27. The molecule has 0 aliphatic heterocycles. The molecule has 0 bridgehead atoms. The van der Waals surface area contributed by atoms with Crippen LogP contribution in [0.25, 0.3) is 22.1 Å². The normalized spacial score (nSPS) is 12.6. The van der Waals surface area contributed by atoms with Crippen LogP contribution in [-0.4, -0.2) is 30.9 Å². The zero-order valence-electron chi connectivity index (χ0n) is 13.6. The Labute approximate surface area is 143 Å². The third-order valence-corrected chi connectivity index (χ3v) is 4.11. The standard InChI is InChI=1S/C18H17N5O2/c1-10(17-22-12-4-2-3-5-13(12)23-17)19-18(25)11-6-7-14-15(8-11)21-16(9-24)20-14/h2-8,10,24H,9H2,1H3,(H,19,25)(H,20,21)(H,22,23). The number of benzene rings is 2. The van der Waals surface area contributed by atoms with E-state index in [0.717, 1.165) is 11.0 Å². The van der Waals surface area contributed by atoms with Crippen LogP contribution in [0.5, 0.6) is 0 Å². The van der Waals surface area contributed by atoms with E-state index in [-0.39, 0.29) is 18.6 Å². The van der Waals surface area contributed by atoms with Gasteiger partial charge < -0.3 is 20.4 Å². The van der Waals surface area contributed by atoms with Crippen LogP contribution in [0.3, 0.4) is 0 Å². The Hall–Kier alpha value is -3.19. The zero-order chi connectivity index (χ0) is 17.4. The highest BCUT2D eigenvalue weighted by Gasteiger charge is 2.15. The van der Waals surface area contributed by atoms with Crippen LogP contribution in [0.2, 0.25) is 0 Å². The van der Waals surface area contributed by atoms with Crippen molar-refractivity contribution in [1.82, 2.24) is 25.3 Å². The molecule has 1 atom stereocenters. The van der Waals surface area contributed by atoms with Crippen molar-refractivity contribution < 1.29 is 9.90 Å². The Bertz CT molecular complexity index is 1030. The Kier molecular flexibility index (Phi) is 3.70. The number of para-hydroxylation sites is 2. The number of aliphatic hydroxyl groups excluding tert-OH is 1. The Morgan fingerprint density at radius 1 is 1.12 bits per heavy atom. The number of rotatable bonds is 4. The zero-order valence-corrected chi connectivity index (χ0v) is 13.6. The second-order valence-electron chi connectivity index (χ2n) is 5.91. The van der Waals surface area contributed by atoms with Gasteiger partial charge in [-0.15, -0.1) is 0 Å². The molecule has 1 amide bonds. The molecule has 25 heavy (non-hydrogen) atoms. The number of nitrogens with one attached hydrogen (secondary N) is 3. The minimum Gasteiger partial charge on any atom is -0.388 e. The fraction of sp³-hybridized carbons (Fsp3) is 0.167. The number of fused-ring (bicyclic) bond motifs is 2. The topological polar surface area (TPSA) is 107 Å². The van der Waals surface area contributed by atoms with E-state index in [1.54, 1.807) is 18.2 Å². The van der Waals surface area contributed by atoms with Crippen molar-refractivity contribution >= 4 is 28.0 Å². The number of hydrogen-bond donors (Lipinski definition) is 4. The highest BCUT2D eigenvalue weighted by molar-refractivity contribution is 5.97. The smallest absolute Gasteiger partial charge is 0.251 e. The highest BCUT2D eigenvalue weighted by atomic mass is 16.3. The number of amides is 1. The fourth-order valence-electron chi connectivity index (χ4n) is 2.80. The minimum atomic E-state index is -0.259. The van der Waals surface area contributed by atoms with E-state index >= 15 is 0 Å². The van der Waals surface area contributed by atoms with Gasteiger partial charge in [0.15, 0.2) is 0 Å². The maximum Gasteiger partial charge on any atom is 0.251 e. The van der Waals surface area contributed by atoms with Crippen LogP contribution in [0.15, 0.2) is 42.5 Å². The molecule has 2 heterocycles. The van der Waals surface area contributed by atoms with Crippen molar-refractivity contribution in [2.24, 2.45) is 0 Å². The minimum absolute atomic E-state index is 0.167. The predicted octanol–water partition coefficient (Wildman–Crippen LogP) is 2.42. The van der Waals surface area contributed by atoms with Gasteiger partial charge in [0, 0.05) is 5.56 Å². The van der Waals surface area contributed by atoms with Crippen LogP contribution < -0.4 is 5.32 Å². The fourth-order valence-corrected chi connectivity index (χ4v) is 2.80. The summed E-state index contributed by atoms with van der Waals surface area (Å²) in [7, 11) is 0. The number of aromatic amines is 2. The van der Waals surface area contributed by atoms with E-state index in [1.807, 2.05) is 31.2 Å². The molecule has 0 aliphatic carbocycles. The summed E-state index contributed by atoms with van der Waals surface area (Å²) in [5.74, 6) is 0.984. The van der Waals surface area contributed by atoms with E-state index in [1.165, 1.54) is 0 Å². The Morgan fingerprint density at radius 2 is 1.92 bits per heavy atom. The summed E-state index contributed by atoms with van der Waals surface area (Å²) in [6.07, 6.45) is 0. The highest BCUT2D eigenvalue weighted by Crippen LogP contribution is 2.17. The Balaban J connectivity index is 1.56. The molecule has 1 unspecified atom stereocenters. The van der Waals surface area contributed by atoms with Gasteiger partial charge in [0.1, 0.15) is 18.3 Å². The van der Waals surface area contributed by atoms with Gasteiger partial charge in [-0.25, -0.2) is 9.97 Å². The number of carbonyl (C=O) groups is 1. The van der Waals surface area contributed by atoms with Gasteiger partial charge in [-0.2, -0.15) is 0 Å². The first-order valence-corrected chi connectivity index (χ1v) is 7.99. The van der Waals surface area contributed by atoms with Crippen molar-refractivity contribution in [3.05, 3.63) is 59.7 Å². The molecule has 0 aliphatic rings. The van der Waals surface area contributed by atoms with Gasteiger partial charge in [-0.3, -0.25) is 4.79 Å². The predicted molar refractivity (Wildman–Crippen MR) is 94.0 cm³/mol. The average molecular weight is 335 g/mol. The van der Waals surface area contributed by atoms with Gasteiger partial charge in [0.25, 0.3) is 5.91 Å². The lowest BCUT2D eigenvalue weighted by atomic mass is 10.1. The van der Waals surface area contributed by atoms with Crippen LogP contribution in [0.1, 0.15) is 35.0 Å². The molecule has 7 nitrogen and oxygen atoms in total. The number of hydrogen-bond acceptors (Lipinski definition) is 4. The SMILES string of the molecule is CC(NC(=O)c1ccc2nc(CO)[nH]c2c1)c1nc2ccccc2[nH]1. The molecular formula is C18H17N5O2. The number of carbonyl (C=O) groups excluding carboxylic acids is 1. The quantitative estimate of drug-likeness (QED) is 0.459. The first-order chi connectivity index (χ1) is 12.1. The maximum absolute atomic E-state index is 12.5. The summed E-state index contributed by atoms with van der Waals surface area (Å²) in [6.45, 7) is 1.72. The first kappa shape index (κ1) is 15.3. The monoisotopic (exact) mass is 335 g/mol. The van der Waals surface area contributed by atoms with Crippen LogP contribution >= 0.6 is 0 Å². The molecule has 126 valence electrons. The Morgan fingerprint density at radius 3 is 2.72 bits per heavy atom. The summed E-state index contributed by atoms with van der Waals surface area (Å²) in [4.78, 5) is 27.5. The molecule has 2 aromatic heterocycles. The lowest BCUT2D eigenvalue weighted by Gasteiger charge is -2.11. The van der Waals surface area contributed by atoms with Gasteiger partial charge in [-0.1, -0.05) is 12.1 Å². The van der Waals surface area contributed by atoms with Crippen molar-refractivity contribution in [1.29, 1.82) is 0 Å². The molecule has 4 aromatic rings. The van der Waals surface area contributed by atoms with Crippen molar-refractivity contribution in [3.8, 4) is 0 Å². The molecule has 4 rings (SSSR count). The van der Waals surface area contributed by atoms with Crippen molar-refractivity contribution in [3.63, 3.8) is 0 Å². The van der Waals surface area contributed by atoms with Crippen molar-refractivity contribution in [2.75, 3.05) is 0 Å². The molecule has 0 spiro atoms. The average Bonchev–Trinajstić information content (AvgIpc) is 3.24. The van der Waals surface area contributed by atoms with Gasteiger partial charge in [-0.05, 0) is 37.3 Å². The van der Waals surface area contributed by atoms with E-state index < -0.39 is 0 Å². The summed E-state index contributed by atoms with van der Waals surface area (Å²) >= 11 is 0. The largest absolute Gasteiger partial charge is 0.388 e. The summed E-state index contributed by atoms with van der Waals surface area (Å²) in [5, 5.41) is 12.1. The third kappa shape index (κ3) is 2.85. The number of aromatic nitrogens is 4. The van der Waals surface area contributed by atoms with Gasteiger partial charge in [0.2, 0.25) is 0 Å². The molecule has 0 radical (unpaired) electrons. The molecule has 0 saturated carbocycles. The molecule has 2 aromatic carbocycles. The van der Waals surface area contributed by atoms with Crippen LogP contribution in [0, 0.1) is 0 Å². The van der Waals surface area contributed by atoms with Gasteiger partial charge >= 0.3 is 0 Å². The van der Waals surface area contributed by atoms with Gasteiger partial charge in [0.05, 0.1) is 28.1 Å².